The van der Waals surface area contributed by atoms with E-state index in [1.54, 1.807) is 18.2 Å². The molecule has 0 fully saturated rings. The topological polar surface area (TPSA) is 77.9 Å². The third-order valence-electron chi connectivity index (χ3n) is 5.17. The van der Waals surface area contributed by atoms with Crippen LogP contribution < -0.4 is 4.90 Å². The summed E-state index contributed by atoms with van der Waals surface area (Å²) in [4.78, 5) is 13.6. The predicted octanol–water partition coefficient (Wildman–Crippen LogP) is 4.92. The number of aromatic amines is 1. The van der Waals surface area contributed by atoms with E-state index < -0.39 is 42.1 Å². The van der Waals surface area contributed by atoms with Crippen LogP contribution in [-0.2, 0) is 18.8 Å². The first kappa shape index (κ1) is 22.6. The number of nitrogens with zero attached hydrogens (tertiary/aromatic N) is 4. The molecular formula is C19H16ClF6N5O. The summed E-state index contributed by atoms with van der Waals surface area (Å²) in [6.07, 6.45) is -11.0. The second kappa shape index (κ2) is 7.77. The zero-order chi connectivity index (χ0) is 23.4. The molecule has 4 rings (SSSR count). The summed E-state index contributed by atoms with van der Waals surface area (Å²) in [6, 6.07) is 4.32. The van der Waals surface area contributed by atoms with E-state index in [2.05, 4.69) is 19.9 Å². The number of aromatic nitrogens is 4. The lowest BCUT2D eigenvalue weighted by atomic mass is 9.94. The molecule has 2 aromatic heterocycles. The van der Waals surface area contributed by atoms with Gasteiger partial charge in [0.2, 0.25) is 17.6 Å². The van der Waals surface area contributed by atoms with Gasteiger partial charge < -0.3 is 15.0 Å². The number of nitrogens with one attached hydrogen (secondary N) is 1. The van der Waals surface area contributed by atoms with Crippen molar-refractivity contribution in [1.82, 2.24) is 19.9 Å². The maximum absolute atomic E-state index is 13.2. The lowest BCUT2D eigenvalue weighted by Gasteiger charge is -2.36. The van der Waals surface area contributed by atoms with Gasteiger partial charge in [-0.1, -0.05) is 11.6 Å². The van der Waals surface area contributed by atoms with Crippen LogP contribution in [0.25, 0.3) is 10.9 Å². The summed E-state index contributed by atoms with van der Waals surface area (Å²) in [5, 5.41) is 11.3. The molecule has 13 heteroatoms. The minimum Gasteiger partial charge on any atom is -0.393 e. The minimum absolute atomic E-state index is 0.0158. The van der Waals surface area contributed by atoms with Gasteiger partial charge in [0.25, 0.3) is 0 Å². The Morgan fingerprint density at radius 1 is 1.12 bits per heavy atom. The average Bonchev–Trinajstić information content (AvgIpc) is 3.04. The normalized spacial score (nSPS) is 18.2. The lowest BCUT2D eigenvalue weighted by molar-refractivity contribution is -0.155. The van der Waals surface area contributed by atoms with E-state index in [9.17, 15) is 31.4 Å². The molecule has 6 nitrogen and oxygen atoms in total. The Morgan fingerprint density at radius 2 is 1.75 bits per heavy atom. The van der Waals surface area contributed by atoms with Crippen LogP contribution in [-0.4, -0.2) is 37.7 Å². The van der Waals surface area contributed by atoms with Gasteiger partial charge in [-0.25, -0.2) is 4.98 Å². The van der Waals surface area contributed by atoms with Crippen molar-refractivity contribution in [3.05, 3.63) is 46.1 Å². The Hall–Kier alpha value is -2.60. The van der Waals surface area contributed by atoms with Crippen LogP contribution in [0.1, 0.15) is 42.3 Å². The first-order chi connectivity index (χ1) is 14.8. The quantitative estimate of drug-likeness (QED) is 0.521. The van der Waals surface area contributed by atoms with Crippen LogP contribution in [0.3, 0.4) is 0 Å². The molecular weight excluding hydrogens is 464 g/mol. The van der Waals surface area contributed by atoms with E-state index in [0.717, 1.165) is 10.9 Å². The van der Waals surface area contributed by atoms with Gasteiger partial charge in [0.05, 0.1) is 12.1 Å². The molecule has 0 bridgehead atoms. The van der Waals surface area contributed by atoms with Crippen LogP contribution in [0.2, 0.25) is 5.02 Å². The molecule has 2 N–H and O–H groups in total. The van der Waals surface area contributed by atoms with Gasteiger partial charge >= 0.3 is 12.4 Å². The number of hydrogen-bond donors (Lipinski definition) is 2. The van der Waals surface area contributed by atoms with Gasteiger partial charge in [-0.15, -0.1) is 0 Å². The first-order valence-electron chi connectivity index (χ1n) is 9.49. The number of H-pyrrole nitrogens is 1. The summed E-state index contributed by atoms with van der Waals surface area (Å²) in [5.74, 6) is -4.62. The predicted molar refractivity (Wildman–Crippen MR) is 103 cm³/mol. The molecule has 3 aromatic rings. The van der Waals surface area contributed by atoms with Crippen molar-refractivity contribution in [2.24, 2.45) is 0 Å². The highest BCUT2D eigenvalue weighted by Gasteiger charge is 2.43. The Bertz CT molecular complexity index is 1130. The van der Waals surface area contributed by atoms with Crippen LogP contribution in [0, 0.1) is 0 Å². The fourth-order valence-corrected chi connectivity index (χ4v) is 4.06. The second-order valence-corrected chi connectivity index (χ2v) is 7.97. The van der Waals surface area contributed by atoms with Gasteiger partial charge in [-0.05, 0) is 43.5 Å². The highest BCUT2D eigenvalue weighted by Crippen LogP contribution is 2.40. The number of benzene rings is 1. The Labute approximate surface area is 182 Å². The molecule has 0 radical (unpaired) electrons. The third-order valence-corrected chi connectivity index (χ3v) is 5.40. The molecule has 1 aromatic carbocycles. The van der Waals surface area contributed by atoms with Crippen molar-refractivity contribution in [1.29, 1.82) is 0 Å². The minimum atomic E-state index is -5.20. The largest absolute Gasteiger partial charge is 0.451 e. The number of fused-ring (bicyclic) bond motifs is 3. The summed E-state index contributed by atoms with van der Waals surface area (Å²) >= 11 is 6.08. The average molecular weight is 480 g/mol. The van der Waals surface area contributed by atoms with Crippen molar-refractivity contribution in [3.63, 3.8) is 0 Å². The number of halogens is 7. The lowest BCUT2D eigenvalue weighted by Crippen LogP contribution is -2.39. The van der Waals surface area contributed by atoms with Crippen LogP contribution in [0.4, 0.5) is 32.3 Å². The summed E-state index contributed by atoms with van der Waals surface area (Å²) in [6.45, 7) is 1.50. The molecule has 0 spiro atoms. The zero-order valence-electron chi connectivity index (χ0n) is 16.4. The van der Waals surface area contributed by atoms with Crippen molar-refractivity contribution >= 4 is 28.5 Å². The number of anilines is 1. The van der Waals surface area contributed by atoms with E-state index in [1.807, 2.05) is 0 Å². The molecule has 3 heterocycles. The monoisotopic (exact) mass is 479 g/mol. The van der Waals surface area contributed by atoms with E-state index in [1.165, 1.54) is 11.8 Å². The van der Waals surface area contributed by atoms with Crippen molar-refractivity contribution in [2.45, 2.75) is 44.3 Å². The molecule has 1 aliphatic rings. The molecule has 172 valence electrons. The standard InChI is InChI=1S/C19H16ClF6N5O/c1-8(32)6-13-14-10(11-7-9(20)2-3-12(11)27-14)4-5-31(13)17-29-15(18(21,22)23)28-16(30-17)19(24,25)26/h2-3,7-8,13,27,32H,4-6H2,1H3/t8-,13-/m1/s1. The molecule has 32 heavy (non-hydrogen) atoms. The fourth-order valence-electron chi connectivity index (χ4n) is 3.89. The molecule has 0 aliphatic carbocycles. The van der Waals surface area contributed by atoms with Gasteiger partial charge in [0.15, 0.2) is 0 Å². The van der Waals surface area contributed by atoms with Gasteiger partial charge in [-0.2, -0.15) is 36.3 Å². The van der Waals surface area contributed by atoms with Crippen molar-refractivity contribution in [2.75, 3.05) is 11.4 Å². The highest BCUT2D eigenvalue weighted by atomic mass is 35.5. The molecule has 1 aliphatic heterocycles. The Balaban J connectivity index is 1.87. The fraction of sp³-hybridized carbons (Fsp3) is 0.421. The third kappa shape index (κ3) is 4.20. The van der Waals surface area contributed by atoms with Crippen LogP contribution in [0.15, 0.2) is 18.2 Å². The molecule has 2 atom stereocenters. The maximum atomic E-state index is 13.2. The van der Waals surface area contributed by atoms with E-state index >= 15 is 0 Å². The van der Waals surface area contributed by atoms with Crippen molar-refractivity contribution in [3.8, 4) is 0 Å². The van der Waals surface area contributed by atoms with Crippen LogP contribution in [0.5, 0.6) is 0 Å². The number of rotatable bonds is 3. The number of alkyl halides is 6. The van der Waals surface area contributed by atoms with Gasteiger partial charge in [-0.3, -0.25) is 0 Å². The van der Waals surface area contributed by atoms with E-state index in [4.69, 9.17) is 11.6 Å². The van der Waals surface area contributed by atoms with Crippen molar-refractivity contribution < 1.29 is 31.4 Å². The second-order valence-electron chi connectivity index (χ2n) is 7.53. The molecule has 0 amide bonds. The smallest absolute Gasteiger partial charge is 0.393 e. The molecule has 0 saturated heterocycles. The Morgan fingerprint density at radius 3 is 2.31 bits per heavy atom. The summed E-state index contributed by atoms with van der Waals surface area (Å²) in [7, 11) is 0. The van der Waals surface area contributed by atoms with Gasteiger partial charge in [0, 0.05) is 28.2 Å². The number of aliphatic hydroxyl groups excluding tert-OH is 1. The summed E-state index contributed by atoms with van der Waals surface area (Å²) < 4.78 is 79.4. The Kier molecular flexibility index (Phi) is 5.48. The van der Waals surface area contributed by atoms with E-state index in [0.29, 0.717) is 22.7 Å². The molecule has 0 unspecified atom stereocenters. The number of aliphatic hydroxyl groups is 1. The van der Waals surface area contributed by atoms with Crippen LogP contribution >= 0.6 is 11.6 Å². The maximum Gasteiger partial charge on any atom is 0.451 e. The zero-order valence-corrected chi connectivity index (χ0v) is 17.1. The highest BCUT2D eigenvalue weighted by molar-refractivity contribution is 6.31. The first-order valence-corrected chi connectivity index (χ1v) is 9.87. The van der Waals surface area contributed by atoms with E-state index in [-0.39, 0.29) is 13.0 Å². The molecule has 0 saturated carbocycles. The SMILES string of the molecule is C[C@@H](O)C[C@@H]1c2[nH]c3ccc(Cl)cc3c2CCN1c1nc(C(F)(F)F)nc(C(F)(F)F)n1. The number of hydrogen-bond acceptors (Lipinski definition) is 5. The summed E-state index contributed by atoms with van der Waals surface area (Å²) in [5.41, 5.74) is 2.09. The van der Waals surface area contributed by atoms with Gasteiger partial charge in [0.1, 0.15) is 0 Å².